The van der Waals surface area contributed by atoms with Gasteiger partial charge in [0.1, 0.15) is 0 Å². The van der Waals surface area contributed by atoms with Gasteiger partial charge < -0.3 is 10.4 Å². The molecule has 2 rings (SSSR count). The fraction of sp³-hybridized carbons (Fsp3) is 0.375. The molecular weight excluding hydrogens is 222 g/mol. The number of nitrogens with one attached hydrogen (secondary N) is 1. The zero-order chi connectivity index (χ0) is 13.0. The molecule has 18 heavy (non-hydrogen) atoms. The number of anilines is 1. The Labute approximate surface area is 109 Å². The molecule has 0 fully saturated rings. The van der Waals surface area contributed by atoms with Gasteiger partial charge in [-0.25, -0.2) is 0 Å². The van der Waals surface area contributed by atoms with Gasteiger partial charge in [0.05, 0.1) is 0 Å². The fourth-order valence-electron chi connectivity index (χ4n) is 2.20. The first kappa shape index (κ1) is 12.9. The van der Waals surface area contributed by atoms with Gasteiger partial charge >= 0.3 is 0 Å². The number of fused-ring (bicyclic) bond motifs is 1. The van der Waals surface area contributed by atoms with Crippen LogP contribution in [0.1, 0.15) is 20.3 Å². The lowest BCUT2D eigenvalue weighted by Gasteiger charge is -2.23. The minimum absolute atomic E-state index is 0.226. The molecule has 2 heteroatoms. The van der Waals surface area contributed by atoms with E-state index in [4.69, 9.17) is 5.11 Å². The molecule has 0 spiro atoms. The predicted molar refractivity (Wildman–Crippen MR) is 77.9 cm³/mol. The summed E-state index contributed by atoms with van der Waals surface area (Å²) in [6.45, 7) is 4.58. The van der Waals surface area contributed by atoms with Crippen LogP contribution in [-0.4, -0.2) is 17.8 Å². The normalized spacial score (nSPS) is 12.9. The van der Waals surface area contributed by atoms with Crippen LogP contribution in [0.3, 0.4) is 0 Å². The lowest BCUT2D eigenvalue weighted by atomic mass is 10.0. The average molecular weight is 243 g/mol. The Hall–Kier alpha value is -1.54. The van der Waals surface area contributed by atoms with Crippen LogP contribution in [0.2, 0.25) is 0 Å². The quantitative estimate of drug-likeness (QED) is 0.840. The van der Waals surface area contributed by atoms with Gasteiger partial charge in [-0.1, -0.05) is 44.2 Å². The molecule has 2 nitrogen and oxygen atoms in total. The van der Waals surface area contributed by atoms with Crippen LogP contribution < -0.4 is 5.32 Å². The smallest absolute Gasteiger partial charge is 0.0450 e. The van der Waals surface area contributed by atoms with Crippen molar-refractivity contribution < 1.29 is 5.11 Å². The molecule has 0 aliphatic carbocycles. The molecule has 0 aromatic heterocycles. The number of aliphatic hydroxyl groups is 1. The van der Waals surface area contributed by atoms with E-state index in [-0.39, 0.29) is 6.61 Å². The molecule has 0 saturated heterocycles. The van der Waals surface area contributed by atoms with E-state index in [2.05, 4.69) is 61.6 Å². The third kappa shape index (κ3) is 3.02. The highest BCUT2D eigenvalue weighted by atomic mass is 16.3. The van der Waals surface area contributed by atoms with Crippen LogP contribution in [0.4, 0.5) is 5.69 Å². The Morgan fingerprint density at radius 2 is 1.78 bits per heavy atom. The second kappa shape index (κ2) is 5.87. The summed E-state index contributed by atoms with van der Waals surface area (Å²) in [5.41, 5.74) is 1.13. The van der Waals surface area contributed by atoms with Gasteiger partial charge in [0.15, 0.2) is 0 Å². The van der Waals surface area contributed by atoms with E-state index in [1.54, 1.807) is 0 Å². The van der Waals surface area contributed by atoms with Crippen LogP contribution in [0.5, 0.6) is 0 Å². The van der Waals surface area contributed by atoms with Crippen molar-refractivity contribution in [2.75, 3.05) is 11.9 Å². The Balaban J connectivity index is 2.20. The largest absolute Gasteiger partial charge is 0.396 e. The Morgan fingerprint density at radius 1 is 1.06 bits per heavy atom. The van der Waals surface area contributed by atoms with Gasteiger partial charge in [-0.15, -0.1) is 0 Å². The molecule has 0 aliphatic heterocycles. The molecule has 2 N–H and O–H groups in total. The summed E-state index contributed by atoms with van der Waals surface area (Å²) in [5, 5.41) is 15.1. The van der Waals surface area contributed by atoms with Crippen molar-refractivity contribution in [3.8, 4) is 0 Å². The highest BCUT2D eigenvalue weighted by molar-refractivity contribution is 5.85. The third-order valence-electron chi connectivity index (χ3n) is 3.35. The average Bonchev–Trinajstić information content (AvgIpc) is 2.38. The van der Waals surface area contributed by atoms with E-state index in [0.29, 0.717) is 12.0 Å². The second-order valence-corrected chi connectivity index (χ2v) is 5.07. The predicted octanol–water partition coefficient (Wildman–Crippen LogP) is 3.66. The lowest BCUT2D eigenvalue weighted by Crippen LogP contribution is -2.26. The fourth-order valence-corrected chi connectivity index (χ4v) is 2.20. The number of rotatable bonds is 5. The summed E-state index contributed by atoms with van der Waals surface area (Å²) < 4.78 is 0. The SMILES string of the molecule is CC(C)C(CCO)Nc1ccc2ccccc2c1. The van der Waals surface area contributed by atoms with Crippen LogP contribution in [0, 0.1) is 5.92 Å². The number of benzene rings is 2. The molecule has 0 aliphatic rings. The maximum absolute atomic E-state index is 9.10. The molecule has 1 unspecified atom stereocenters. The molecular formula is C16H21NO. The number of aliphatic hydroxyl groups excluding tert-OH is 1. The maximum atomic E-state index is 9.10. The van der Waals surface area contributed by atoms with Crippen molar-refractivity contribution in [1.29, 1.82) is 0 Å². The summed E-state index contributed by atoms with van der Waals surface area (Å²) in [4.78, 5) is 0. The topological polar surface area (TPSA) is 32.3 Å². The zero-order valence-electron chi connectivity index (χ0n) is 11.1. The summed E-state index contributed by atoms with van der Waals surface area (Å²) in [6, 6.07) is 15.1. The van der Waals surface area contributed by atoms with Gasteiger partial charge in [0, 0.05) is 18.3 Å². The number of hydrogen-bond acceptors (Lipinski definition) is 2. The monoisotopic (exact) mass is 243 g/mol. The maximum Gasteiger partial charge on any atom is 0.0450 e. The molecule has 2 aromatic carbocycles. The van der Waals surface area contributed by atoms with Gasteiger partial charge in [-0.05, 0) is 35.2 Å². The van der Waals surface area contributed by atoms with Gasteiger partial charge in [0.25, 0.3) is 0 Å². The second-order valence-electron chi connectivity index (χ2n) is 5.07. The van der Waals surface area contributed by atoms with E-state index < -0.39 is 0 Å². The van der Waals surface area contributed by atoms with Crippen LogP contribution in [0.15, 0.2) is 42.5 Å². The van der Waals surface area contributed by atoms with E-state index in [0.717, 1.165) is 12.1 Å². The van der Waals surface area contributed by atoms with Crippen molar-refractivity contribution >= 4 is 16.5 Å². The molecule has 0 radical (unpaired) electrons. The van der Waals surface area contributed by atoms with Crippen molar-refractivity contribution in [1.82, 2.24) is 0 Å². The van der Waals surface area contributed by atoms with Gasteiger partial charge in [-0.2, -0.15) is 0 Å². The molecule has 0 bridgehead atoms. The van der Waals surface area contributed by atoms with Crippen LogP contribution in [0.25, 0.3) is 10.8 Å². The molecule has 0 saturated carbocycles. The molecule has 0 amide bonds. The van der Waals surface area contributed by atoms with E-state index >= 15 is 0 Å². The van der Waals surface area contributed by atoms with E-state index in [1.165, 1.54) is 10.8 Å². The summed E-state index contributed by atoms with van der Waals surface area (Å²) in [6.07, 6.45) is 0.782. The molecule has 2 aromatic rings. The highest BCUT2D eigenvalue weighted by Crippen LogP contribution is 2.21. The minimum atomic E-state index is 0.226. The first-order valence-corrected chi connectivity index (χ1v) is 6.57. The van der Waals surface area contributed by atoms with E-state index in [9.17, 15) is 0 Å². The molecule has 1 atom stereocenters. The summed E-state index contributed by atoms with van der Waals surface area (Å²) >= 11 is 0. The van der Waals surface area contributed by atoms with Crippen molar-refractivity contribution in [3.63, 3.8) is 0 Å². The first-order chi connectivity index (χ1) is 8.70. The van der Waals surface area contributed by atoms with Crippen LogP contribution in [-0.2, 0) is 0 Å². The van der Waals surface area contributed by atoms with Gasteiger partial charge in [-0.3, -0.25) is 0 Å². The summed E-state index contributed by atoms with van der Waals surface area (Å²) in [5.74, 6) is 0.503. The Morgan fingerprint density at radius 3 is 2.44 bits per heavy atom. The first-order valence-electron chi connectivity index (χ1n) is 6.57. The third-order valence-corrected chi connectivity index (χ3v) is 3.35. The molecule has 96 valence electrons. The lowest BCUT2D eigenvalue weighted by molar-refractivity contribution is 0.267. The van der Waals surface area contributed by atoms with Gasteiger partial charge in [0.2, 0.25) is 0 Å². The van der Waals surface area contributed by atoms with Crippen molar-refractivity contribution in [2.45, 2.75) is 26.3 Å². The standard InChI is InChI=1S/C16H21NO/c1-12(2)16(9-10-18)17-15-8-7-13-5-3-4-6-14(13)11-15/h3-8,11-12,16-18H,9-10H2,1-2H3. The highest BCUT2D eigenvalue weighted by Gasteiger charge is 2.12. The molecule has 0 heterocycles. The van der Waals surface area contributed by atoms with Crippen molar-refractivity contribution in [2.24, 2.45) is 5.92 Å². The van der Waals surface area contributed by atoms with Crippen molar-refractivity contribution in [3.05, 3.63) is 42.5 Å². The van der Waals surface area contributed by atoms with E-state index in [1.807, 2.05) is 0 Å². The Bertz CT molecular complexity index is 507. The number of hydrogen-bond donors (Lipinski definition) is 2. The summed E-state index contributed by atoms with van der Waals surface area (Å²) in [7, 11) is 0. The van der Waals surface area contributed by atoms with Crippen LogP contribution >= 0.6 is 0 Å². The Kier molecular flexibility index (Phi) is 4.21. The minimum Gasteiger partial charge on any atom is -0.396 e. The zero-order valence-corrected chi connectivity index (χ0v) is 11.1.